The van der Waals surface area contributed by atoms with Crippen molar-refractivity contribution in [2.24, 2.45) is 11.8 Å². The van der Waals surface area contributed by atoms with Crippen molar-refractivity contribution in [3.05, 3.63) is 0 Å². The molecule has 0 spiro atoms. The molecule has 1 N–H and O–H groups in total. The highest BCUT2D eigenvalue weighted by molar-refractivity contribution is 4.87. The van der Waals surface area contributed by atoms with Crippen LogP contribution in [0.5, 0.6) is 0 Å². The van der Waals surface area contributed by atoms with Gasteiger partial charge in [0, 0.05) is 0 Å². The van der Waals surface area contributed by atoms with Gasteiger partial charge in [-0.05, 0) is 37.5 Å². The van der Waals surface area contributed by atoms with Crippen LogP contribution >= 0.6 is 0 Å². The molecule has 0 aromatic heterocycles. The van der Waals surface area contributed by atoms with E-state index in [-0.39, 0.29) is 5.60 Å². The monoisotopic (exact) mass is 268 g/mol. The van der Waals surface area contributed by atoms with Gasteiger partial charge >= 0.3 is 0 Å². The topological polar surface area (TPSA) is 20.2 Å². The summed E-state index contributed by atoms with van der Waals surface area (Å²) >= 11 is 0. The molecule has 0 aliphatic heterocycles. The SMILES string of the molecule is CCCCCCCCCCC1(O)CCC(C)C(C)C1. The van der Waals surface area contributed by atoms with Crippen molar-refractivity contribution in [1.82, 2.24) is 0 Å². The highest BCUT2D eigenvalue weighted by Crippen LogP contribution is 2.38. The first-order chi connectivity index (χ1) is 9.07. The fourth-order valence-electron chi connectivity index (χ4n) is 3.50. The van der Waals surface area contributed by atoms with Gasteiger partial charge in [0.05, 0.1) is 5.60 Å². The van der Waals surface area contributed by atoms with E-state index < -0.39 is 0 Å². The van der Waals surface area contributed by atoms with Gasteiger partial charge in [0.15, 0.2) is 0 Å². The van der Waals surface area contributed by atoms with E-state index in [1.54, 1.807) is 0 Å². The molecule has 1 heteroatoms. The molecule has 1 aliphatic carbocycles. The van der Waals surface area contributed by atoms with Crippen molar-refractivity contribution in [2.45, 2.75) is 103 Å². The molecule has 3 unspecified atom stereocenters. The third-order valence-corrected chi connectivity index (χ3v) is 5.23. The summed E-state index contributed by atoms with van der Waals surface area (Å²) in [6, 6.07) is 0. The average molecular weight is 268 g/mol. The molecule has 114 valence electrons. The Morgan fingerprint density at radius 3 is 2.05 bits per heavy atom. The molecule has 0 heterocycles. The zero-order valence-corrected chi connectivity index (χ0v) is 13.6. The minimum Gasteiger partial charge on any atom is -0.390 e. The molecule has 0 aromatic carbocycles. The fourth-order valence-corrected chi connectivity index (χ4v) is 3.50. The van der Waals surface area contributed by atoms with Gasteiger partial charge in [-0.3, -0.25) is 0 Å². The molecule has 1 nitrogen and oxygen atoms in total. The first-order valence-electron chi connectivity index (χ1n) is 8.80. The zero-order valence-electron chi connectivity index (χ0n) is 13.6. The van der Waals surface area contributed by atoms with E-state index in [9.17, 15) is 5.11 Å². The summed E-state index contributed by atoms with van der Waals surface area (Å²) in [5.41, 5.74) is -0.325. The largest absolute Gasteiger partial charge is 0.390 e. The lowest BCUT2D eigenvalue weighted by Gasteiger charge is -2.39. The lowest BCUT2D eigenvalue weighted by atomic mass is 9.71. The second-order valence-corrected chi connectivity index (χ2v) is 7.15. The summed E-state index contributed by atoms with van der Waals surface area (Å²) in [4.78, 5) is 0. The van der Waals surface area contributed by atoms with Gasteiger partial charge in [0.2, 0.25) is 0 Å². The molecule has 0 amide bonds. The molecule has 1 rings (SSSR count). The normalized spacial score (nSPS) is 31.6. The van der Waals surface area contributed by atoms with Crippen molar-refractivity contribution in [1.29, 1.82) is 0 Å². The lowest BCUT2D eigenvalue weighted by Crippen LogP contribution is -2.37. The van der Waals surface area contributed by atoms with Crippen LogP contribution in [0.2, 0.25) is 0 Å². The number of rotatable bonds is 9. The molecule has 1 saturated carbocycles. The molecular weight excluding hydrogens is 232 g/mol. The molecule has 0 saturated heterocycles. The highest BCUT2D eigenvalue weighted by Gasteiger charge is 2.35. The molecule has 3 atom stereocenters. The van der Waals surface area contributed by atoms with Crippen LogP contribution in [0.1, 0.15) is 97.8 Å². The number of hydrogen-bond donors (Lipinski definition) is 1. The second-order valence-electron chi connectivity index (χ2n) is 7.15. The Bertz CT molecular complexity index is 226. The van der Waals surface area contributed by atoms with Crippen LogP contribution < -0.4 is 0 Å². The van der Waals surface area contributed by atoms with Gasteiger partial charge in [-0.15, -0.1) is 0 Å². The van der Waals surface area contributed by atoms with Crippen molar-refractivity contribution in [3.63, 3.8) is 0 Å². The molecule has 1 fully saturated rings. The Balaban J connectivity index is 2.02. The Morgan fingerprint density at radius 1 is 0.895 bits per heavy atom. The smallest absolute Gasteiger partial charge is 0.0650 e. The Labute approximate surface area is 121 Å². The summed E-state index contributed by atoms with van der Waals surface area (Å²) in [6.07, 6.45) is 15.2. The maximum Gasteiger partial charge on any atom is 0.0650 e. The maximum atomic E-state index is 10.6. The van der Waals surface area contributed by atoms with Gasteiger partial charge in [-0.25, -0.2) is 0 Å². The first-order valence-corrected chi connectivity index (χ1v) is 8.80. The van der Waals surface area contributed by atoms with Crippen LogP contribution in [-0.4, -0.2) is 10.7 Å². The van der Waals surface area contributed by atoms with Crippen molar-refractivity contribution < 1.29 is 5.11 Å². The van der Waals surface area contributed by atoms with Crippen LogP contribution in [0, 0.1) is 11.8 Å². The lowest BCUT2D eigenvalue weighted by molar-refractivity contribution is -0.0367. The summed E-state index contributed by atoms with van der Waals surface area (Å²) in [7, 11) is 0. The van der Waals surface area contributed by atoms with Crippen LogP contribution in [0.25, 0.3) is 0 Å². The van der Waals surface area contributed by atoms with Crippen LogP contribution in [0.15, 0.2) is 0 Å². The highest BCUT2D eigenvalue weighted by atomic mass is 16.3. The van der Waals surface area contributed by atoms with Crippen molar-refractivity contribution in [3.8, 4) is 0 Å². The molecule has 0 radical (unpaired) electrons. The minimum atomic E-state index is -0.325. The number of hydrogen-bond acceptors (Lipinski definition) is 1. The summed E-state index contributed by atoms with van der Waals surface area (Å²) in [5, 5.41) is 10.6. The quantitative estimate of drug-likeness (QED) is 0.531. The average Bonchev–Trinajstić information content (AvgIpc) is 2.38. The molecule has 0 bridgehead atoms. The number of unbranched alkanes of at least 4 members (excludes halogenated alkanes) is 7. The minimum absolute atomic E-state index is 0.325. The van der Waals surface area contributed by atoms with Crippen LogP contribution in [0.4, 0.5) is 0 Å². The third kappa shape index (κ3) is 6.79. The van der Waals surface area contributed by atoms with E-state index in [0.29, 0.717) is 5.92 Å². The van der Waals surface area contributed by atoms with Gasteiger partial charge < -0.3 is 5.11 Å². The van der Waals surface area contributed by atoms with Gasteiger partial charge in [-0.1, -0.05) is 72.1 Å². The fraction of sp³-hybridized carbons (Fsp3) is 1.00. The van der Waals surface area contributed by atoms with Crippen LogP contribution in [-0.2, 0) is 0 Å². The van der Waals surface area contributed by atoms with E-state index >= 15 is 0 Å². The summed E-state index contributed by atoms with van der Waals surface area (Å²) in [6.45, 7) is 6.91. The van der Waals surface area contributed by atoms with Crippen molar-refractivity contribution in [2.75, 3.05) is 0 Å². The number of aliphatic hydroxyl groups is 1. The predicted molar refractivity (Wildman–Crippen MR) is 84.4 cm³/mol. The van der Waals surface area contributed by atoms with E-state index in [1.807, 2.05) is 0 Å². The zero-order chi connectivity index (χ0) is 14.1. The first kappa shape index (κ1) is 17.0. The molecule has 1 aliphatic rings. The summed E-state index contributed by atoms with van der Waals surface area (Å²) < 4.78 is 0. The van der Waals surface area contributed by atoms with Gasteiger partial charge in [0.1, 0.15) is 0 Å². The van der Waals surface area contributed by atoms with E-state index in [4.69, 9.17) is 0 Å². The standard InChI is InChI=1S/C18H36O/c1-4-5-6-7-8-9-10-11-13-18(19)14-12-16(2)17(3)15-18/h16-17,19H,4-15H2,1-3H3. The van der Waals surface area contributed by atoms with Gasteiger partial charge in [-0.2, -0.15) is 0 Å². The second kappa shape index (κ2) is 9.00. The summed E-state index contributed by atoms with van der Waals surface area (Å²) in [5.74, 6) is 1.51. The van der Waals surface area contributed by atoms with E-state index in [2.05, 4.69) is 20.8 Å². The van der Waals surface area contributed by atoms with Crippen LogP contribution in [0.3, 0.4) is 0 Å². The van der Waals surface area contributed by atoms with Gasteiger partial charge in [0.25, 0.3) is 0 Å². The van der Waals surface area contributed by atoms with E-state index in [0.717, 1.165) is 25.2 Å². The maximum absolute atomic E-state index is 10.6. The molecular formula is C18H36O. The third-order valence-electron chi connectivity index (χ3n) is 5.23. The Hall–Kier alpha value is -0.0400. The van der Waals surface area contributed by atoms with Crippen molar-refractivity contribution >= 4 is 0 Å². The van der Waals surface area contributed by atoms with E-state index in [1.165, 1.54) is 57.8 Å². The Kier molecular flexibility index (Phi) is 8.06. The molecule has 19 heavy (non-hydrogen) atoms. The molecule has 0 aromatic rings. The Morgan fingerprint density at radius 2 is 1.47 bits per heavy atom. The predicted octanol–water partition coefficient (Wildman–Crippen LogP) is 5.70.